The molecule has 1 heterocycles. The van der Waals surface area contributed by atoms with Crippen LogP contribution in [0.25, 0.3) is 0 Å². The fourth-order valence-corrected chi connectivity index (χ4v) is 2.42. The molecule has 0 aliphatic carbocycles. The second-order valence-electron chi connectivity index (χ2n) is 5.27. The maximum Gasteiger partial charge on any atom is 0.297 e. The molecule has 0 unspecified atom stereocenters. The predicted molar refractivity (Wildman–Crippen MR) is 98.9 cm³/mol. The molecule has 7 heteroatoms. The van der Waals surface area contributed by atoms with Gasteiger partial charge >= 0.3 is 0 Å². The van der Waals surface area contributed by atoms with Crippen molar-refractivity contribution >= 4 is 18.4 Å². The minimum Gasteiger partial charge on any atom is -0.497 e. The number of aromatic nitrogens is 3. The zero-order valence-electron chi connectivity index (χ0n) is 13.5. The molecule has 3 rings (SSSR count). The molecule has 0 atom stereocenters. The molecule has 0 amide bonds. The maximum absolute atomic E-state index is 12.6. The van der Waals surface area contributed by atoms with Crippen LogP contribution in [0.2, 0.25) is 0 Å². The van der Waals surface area contributed by atoms with Crippen molar-refractivity contribution in [3.05, 3.63) is 86.5 Å². The standard InChI is InChI=1S/C18H16N4O2S/c1-24-15-9-7-14(8-10-15)12-19-22-17(23)16(20-21-18(22)25)11-13-5-3-2-4-6-13/h2-10,12H,11H2,1H3,(H,21,25)/b19-12+. The zero-order valence-corrected chi connectivity index (χ0v) is 14.4. The smallest absolute Gasteiger partial charge is 0.297 e. The summed E-state index contributed by atoms with van der Waals surface area (Å²) < 4.78 is 6.40. The maximum atomic E-state index is 12.6. The molecule has 126 valence electrons. The van der Waals surface area contributed by atoms with Gasteiger partial charge in [-0.3, -0.25) is 9.89 Å². The molecule has 0 aliphatic rings. The Kier molecular flexibility index (Phi) is 5.15. The van der Waals surface area contributed by atoms with E-state index in [2.05, 4.69) is 15.3 Å². The molecular weight excluding hydrogens is 336 g/mol. The van der Waals surface area contributed by atoms with Gasteiger partial charge in [-0.15, -0.1) is 0 Å². The Morgan fingerprint density at radius 2 is 1.92 bits per heavy atom. The van der Waals surface area contributed by atoms with Gasteiger partial charge in [0.1, 0.15) is 11.4 Å². The highest BCUT2D eigenvalue weighted by molar-refractivity contribution is 7.71. The molecule has 0 saturated carbocycles. The topological polar surface area (TPSA) is 72.3 Å². The summed E-state index contributed by atoms with van der Waals surface area (Å²) in [5.41, 5.74) is 1.83. The number of nitrogens with zero attached hydrogens (tertiary/aromatic N) is 3. The van der Waals surface area contributed by atoms with Crippen molar-refractivity contribution in [1.82, 2.24) is 14.9 Å². The fraction of sp³-hybridized carbons (Fsp3) is 0.111. The molecule has 1 N–H and O–H groups in total. The Balaban J connectivity index is 1.90. The van der Waals surface area contributed by atoms with E-state index in [9.17, 15) is 4.79 Å². The lowest BCUT2D eigenvalue weighted by Gasteiger charge is -2.03. The molecule has 25 heavy (non-hydrogen) atoms. The van der Waals surface area contributed by atoms with Crippen LogP contribution in [-0.4, -0.2) is 28.2 Å². The van der Waals surface area contributed by atoms with Crippen molar-refractivity contribution in [2.24, 2.45) is 5.10 Å². The van der Waals surface area contributed by atoms with Gasteiger partial charge in [0, 0.05) is 6.42 Å². The fourth-order valence-electron chi connectivity index (χ4n) is 2.25. The number of hydrogen-bond acceptors (Lipinski definition) is 5. The SMILES string of the molecule is COc1ccc(/C=N/n2c(=S)[nH]nc(Cc3ccccc3)c2=O)cc1. The quantitative estimate of drug-likeness (QED) is 0.566. The average molecular weight is 352 g/mol. The van der Waals surface area contributed by atoms with Crippen LogP contribution >= 0.6 is 12.2 Å². The number of rotatable bonds is 5. The van der Waals surface area contributed by atoms with Gasteiger partial charge in [0.25, 0.3) is 5.56 Å². The van der Waals surface area contributed by atoms with Crippen LogP contribution in [0.3, 0.4) is 0 Å². The number of aromatic amines is 1. The number of ether oxygens (including phenoxy) is 1. The van der Waals surface area contributed by atoms with Gasteiger partial charge in [0.05, 0.1) is 13.3 Å². The van der Waals surface area contributed by atoms with Crippen LogP contribution in [-0.2, 0) is 6.42 Å². The molecule has 0 radical (unpaired) electrons. The third kappa shape index (κ3) is 4.07. The van der Waals surface area contributed by atoms with Crippen molar-refractivity contribution in [3.63, 3.8) is 0 Å². The average Bonchev–Trinajstić information content (AvgIpc) is 2.65. The van der Waals surface area contributed by atoms with E-state index < -0.39 is 0 Å². The predicted octanol–water partition coefficient (Wildman–Crippen LogP) is 2.78. The van der Waals surface area contributed by atoms with Crippen LogP contribution in [0.1, 0.15) is 16.8 Å². The number of H-pyrrole nitrogens is 1. The molecule has 0 bridgehead atoms. The number of benzene rings is 2. The second kappa shape index (κ2) is 7.67. The summed E-state index contributed by atoms with van der Waals surface area (Å²) in [4.78, 5) is 12.6. The highest BCUT2D eigenvalue weighted by Crippen LogP contribution is 2.09. The molecule has 0 spiro atoms. The number of nitrogens with one attached hydrogen (secondary N) is 1. The lowest BCUT2D eigenvalue weighted by molar-refractivity contribution is 0.415. The Morgan fingerprint density at radius 1 is 1.20 bits per heavy atom. The summed E-state index contributed by atoms with van der Waals surface area (Å²) >= 11 is 5.13. The van der Waals surface area contributed by atoms with Crippen LogP contribution in [0.5, 0.6) is 5.75 Å². The minimum atomic E-state index is -0.336. The summed E-state index contributed by atoms with van der Waals surface area (Å²) in [6.45, 7) is 0. The minimum absolute atomic E-state index is 0.145. The van der Waals surface area contributed by atoms with Crippen LogP contribution in [0.15, 0.2) is 64.5 Å². The highest BCUT2D eigenvalue weighted by atomic mass is 32.1. The Morgan fingerprint density at radius 3 is 2.60 bits per heavy atom. The van der Waals surface area contributed by atoms with Crippen LogP contribution in [0.4, 0.5) is 0 Å². The van der Waals surface area contributed by atoms with E-state index in [1.165, 1.54) is 0 Å². The van der Waals surface area contributed by atoms with Gasteiger partial charge in [0.15, 0.2) is 0 Å². The largest absolute Gasteiger partial charge is 0.497 e. The van der Waals surface area contributed by atoms with Crippen molar-refractivity contribution in [2.45, 2.75) is 6.42 Å². The monoisotopic (exact) mass is 352 g/mol. The molecule has 1 aromatic heterocycles. The molecule has 0 saturated heterocycles. The van der Waals surface area contributed by atoms with Crippen molar-refractivity contribution in [3.8, 4) is 5.75 Å². The molecule has 0 aliphatic heterocycles. The first kappa shape index (κ1) is 16.8. The summed E-state index contributed by atoms with van der Waals surface area (Å²) in [6.07, 6.45) is 1.97. The van der Waals surface area contributed by atoms with Crippen LogP contribution < -0.4 is 10.3 Å². The van der Waals surface area contributed by atoms with E-state index in [0.29, 0.717) is 12.1 Å². The Labute approximate surface area is 149 Å². The van der Waals surface area contributed by atoms with Gasteiger partial charge in [0.2, 0.25) is 4.77 Å². The summed E-state index contributed by atoms with van der Waals surface area (Å²) in [5.74, 6) is 0.751. The van der Waals surface area contributed by atoms with E-state index in [-0.39, 0.29) is 10.3 Å². The lowest BCUT2D eigenvalue weighted by Crippen LogP contribution is -2.25. The highest BCUT2D eigenvalue weighted by Gasteiger charge is 2.07. The van der Waals surface area contributed by atoms with Crippen molar-refractivity contribution < 1.29 is 4.74 Å². The number of hydrogen-bond donors (Lipinski definition) is 1. The summed E-state index contributed by atoms with van der Waals surface area (Å²) in [5, 5.41) is 10.9. The van der Waals surface area contributed by atoms with Gasteiger partial charge < -0.3 is 4.74 Å². The first-order valence-corrected chi connectivity index (χ1v) is 8.01. The normalized spacial score (nSPS) is 10.9. The van der Waals surface area contributed by atoms with Gasteiger partial charge in [-0.1, -0.05) is 30.3 Å². The van der Waals surface area contributed by atoms with Crippen LogP contribution in [0, 0.1) is 4.77 Å². The third-order valence-electron chi connectivity index (χ3n) is 3.57. The first-order valence-electron chi connectivity index (χ1n) is 7.60. The van der Waals surface area contributed by atoms with Gasteiger partial charge in [-0.05, 0) is 47.6 Å². The molecule has 6 nitrogen and oxygen atoms in total. The van der Waals surface area contributed by atoms with Crippen molar-refractivity contribution in [1.29, 1.82) is 0 Å². The van der Waals surface area contributed by atoms with E-state index in [1.807, 2.05) is 54.6 Å². The third-order valence-corrected chi connectivity index (χ3v) is 3.83. The molecule has 2 aromatic carbocycles. The molecule has 3 aromatic rings. The van der Waals surface area contributed by atoms with Gasteiger partial charge in [-0.2, -0.15) is 14.9 Å². The van der Waals surface area contributed by atoms with Crippen molar-refractivity contribution in [2.75, 3.05) is 7.11 Å². The van der Waals surface area contributed by atoms with E-state index in [0.717, 1.165) is 21.6 Å². The van der Waals surface area contributed by atoms with E-state index >= 15 is 0 Å². The Bertz CT molecular complexity index is 992. The zero-order chi connectivity index (χ0) is 17.6. The molecular formula is C18H16N4O2S. The van der Waals surface area contributed by atoms with E-state index in [4.69, 9.17) is 17.0 Å². The first-order chi connectivity index (χ1) is 12.2. The summed E-state index contributed by atoms with van der Waals surface area (Å²) in [6, 6.07) is 16.9. The van der Waals surface area contributed by atoms with Gasteiger partial charge in [-0.25, -0.2) is 0 Å². The molecule has 0 fully saturated rings. The lowest BCUT2D eigenvalue weighted by atomic mass is 10.1. The summed E-state index contributed by atoms with van der Waals surface area (Å²) in [7, 11) is 1.60. The second-order valence-corrected chi connectivity index (χ2v) is 5.66. The Hall–Kier alpha value is -3.06. The van der Waals surface area contributed by atoms with E-state index in [1.54, 1.807) is 13.3 Å². The number of methoxy groups -OCH3 is 1.